The number of carbonyl (C=O) groups is 1. The van der Waals surface area contributed by atoms with Crippen LogP contribution < -0.4 is 5.32 Å². The summed E-state index contributed by atoms with van der Waals surface area (Å²) in [5.74, 6) is 0.779. The van der Waals surface area contributed by atoms with Gasteiger partial charge in [-0.3, -0.25) is 4.79 Å². The van der Waals surface area contributed by atoms with Crippen LogP contribution in [0.1, 0.15) is 34.7 Å². The molecule has 1 unspecified atom stereocenters. The van der Waals surface area contributed by atoms with Gasteiger partial charge < -0.3 is 9.88 Å². The smallest absolute Gasteiger partial charge is 0.252 e. The Balaban J connectivity index is 1.87. The predicted molar refractivity (Wildman–Crippen MR) is 87.8 cm³/mol. The molecule has 0 fully saturated rings. The zero-order valence-corrected chi connectivity index (χ0v) is 13.0. The molecule has 0 radical (unpaired) electrons. The van der Waals surface area contributed by atoms with Gasteiger partial charge in [0.15, 0.2) is 0 Å². The minimum Gasteiger partial charge on any atom is -0.342 e. The lowest BCUT2D eigenvalue weighted by Crippen LogP contribution is -2.28. The molecular formula is C18H19N3O. The minimum absolute atomic E-state index is 0.0716. The predicted octanol–water partition coefficient (Wildman–Crippen LogP) is 3.37. The van der Waals surface area contributed by atoms with Crippen molar-refractivity contribution in [1.29, 1.82) is 0 Å². The lowest BCUT2D eigenvalue weighted by molar-refractivity contribution is 0.0937. The van der Waals surface area contributed by atoms with Crippen LogP contribution in [0, 0.1) is 6.92 Å². The van der Waals surface area contributed by atoms with Gasteiger partial charge in [-0.1, -0.05) is 30.3 Å². The molecule has 4 nitrogen and oxygen atoms in total. The Hall–Kier alpha value is -2.62. The number of rotatable bonds is 3. The third-order valence-electron chi connectivity index (χ3n) is 3.95. The van der Waals surface area contributed by atoms with Gasteiger partial charge in [0, 0.05) is 12.6 Å². The quantitative estimate of drug-likeness (QED) is 0.804. The Morgan fingerprint density at radius 3 is 2.55 bits per heavy atom. The van der Waals surface area contributed by atoms with Gasteiger partial charge in [-0.25, -0.2) is 4.98 Å². The molecule has 3 aromatic rings. The molecule has 1 amide bonds. The van der Waals surface area contributed by atoms with Crippen LogP contribution in [-0.2, 0) is 7.05 Å². The van der Waals surface area contributed by atoms with Crippen molar-refractivity contribution in [1.82, 2.24) is 14.9 Å². The Labute approximate surface area is 129 Å². The molecule has 2 aromatic carbocycles. The third-order valence-corrected chi connectivity index (χ3v) is 3.95. The molecular weight excluding hydrogens is 274 g/mol. The molecule has 0 aliphatic carbocycles. The number of hydrogen-bond donors (Lipinski definition) is 1. The van der Waals surface area contributed by atoms with E-state index in [-0.39, 0.29) is 11.9 Å². The number of imidazole rings is 1. The van der Waals surface area contributed by atoms with E-state index >= 15 is 0 Å². The largest absolute Gasteiger partial charge is 0.342 e. The standard InChI is InChI=1S/C18H19N3O/c1-12-8-4-5-9-14(12)18(22)19-13(2)17-20-15-10-6-7-11-16(15)21(17)3/h4-11,13H,1-3H3,(H,19,22). The van der Waals surface area contributed by atoms with Crippen molar-refractivity contribution < 1.29 is 4.79 Å². The fraction of sp³-hybridized carbons (Fsp3) is 0.222. The lowest BCUT2D eigenvalue weighted by atomic mass is 10.1. The molecule has 4 heteroatoms. The molecule has 1 heterocycles. The highest BCUT2D eigenvalue weighted by molar-refractivity contribution is 5.95. The molecule has 0 bridgehead atoms. The Morgan fingerprint density at radius 1 is 1.14 bits per heavy atom. The monoisotopic (exact) mass is 293 g/mol. The fourth-order valence-corrected chi connectivity index (χ4v) is 2.72. The van der Waals surface area contributed by atoms with Crippen molar-refractivity contribution in [2.24, 2.45) is 7.05 Å². The molecule has 0 saturated heterocycles. The van der Waals surface area contributed by atoms with Gasteiger partial charge in [0.05, 0.1) is 17.1 Å². The Kier molecular flexibility index (Phi) is 3.67. The first-order chi connectivity index (χ1) is 10.6. The Morgan fingerprint density at radius 2 is 1.82 bits per heavy atom. The average Bonchev–Trinajstić information content (AvgIpc) is 2.85. The molecule has 0 aliphatic rings. The van der Waals surface area contributed by atoms with Crippen molar-refractivity contribution in [3.63, 3.8) is 0 Å². The van der Waals surface area contributed by atoms with Crippen LogP contribution in [0.3, 0.4) is 0 Å². The van der Waals surface area contributed by atoms with Gasteiger partial charge in [0.2, 0.25) is 0 Å². The van der Waals surface area contributed by atoms with Gasteiger partial charge in [-0.15, -0.1) is 0 Å². The first-order valence-corrected chi connectivity index (χ1v) is 7.36. The van der Waals surface area contributed by atoms with Gasteiger partial charge in [-0.05, 0) is 37.6 Å². The summed E-state index contributed by atoms with van der Waals surface area (Å²) < 4.78 is 2.03. The summed E-state index contributed by atoms with van der Waals surface area (Å²) in [7, 11) is 1.97. The number of amides is 1. The molecule has 112 valence electrons. The van der Waals surface area contributed by atoms with Crippen molar-refractivity contribution in [3.05, 3.63) is 65.5 Å². The van der Waals surface area contributed by atoms with E-state index in [1.807, 2.05) is 74.0 Å². The third kappa shape index (κ3) is 2.48. The highest BCUT2D eigenvalue weighted by Gasteiger charge is 2.17. The van der Waals surface area contributed by atoms with E-state index in [2.05, 4.69) is 10.3 Å². The molecule has 1 aromatic heterocycles. The van der Waals surface area contributed by atoms with Crippen molar-refractivity contribution >= 4 is 16.9 Å². The van der Waals surface area contributed by atoms with E-state index in [0.29, 0.717) is 5.56 Å². The zero-order chi connectivity index (χ0) is 15.7. The topological polar surface area (TPSA) is 46.9 Å². The zero-order valence-electron chi connectivity index (χ0n) is 13.0. The summed E-state index contributed by atoms with van der Waals surface area (Å²) in [4.78, 5) is 17.1. The van der Waals surface area contributed by atoms with Crippen molar-refractivity contribution in [2.75, 3.05) is 0 Å². The number of benzene rings is 2. The summed E-state index contributed by atoms with van der Waals surface area (Å²) in [5, 5.41) is 3.03. The van der Waals surface area contributed by atoms with Crippen LogP contribution in [0.15, 0.2) is 48.5 Å². The van der Waals surface area contributed by atoms with Crippen LogP contribution >= 0.6 is 0 Å². The summed E-state index contributed by atoms with van der Waals surface area (Å²) in [6.45, 7) is 3.89. The van der Waals surface area contributed by atoms with Crippen LogP contribution in [0.5, 0.6) is 0 Å². The minimum atomic E-state index is -0.162. The van der Waals surface area contributed by atoms with E-state index in [0.717, 1.165) is 22.4 Å². The van der Waals surface area contributed by atoms with Crippen molar-refractivity contribution in [2.45, 2.75) is 19.9 Å². The normalized spacial score (nSPS) is 12.3. The number of fused-ring (bicyclic) bond motifs is 1. The molecule has 0 aliphatic heterocycles. The van der Waals surface area contributed by atoms with Gasteiger partial charge in [0.25, 0.3) is 5.91 Å². The number of nitrogens with one attached hydrogen (secondary N) is 1. The van der Waals surface area contributed by atoms with Crippen molar-refractivity contribution in [3.8, 4) is 0 Å². The number of hydrogen-bond acceptors (Lipinski definition) is 2. The average molecular weight is 293 g/mol. The number of para-hydroxylation sites is 2. The Bertz CT molecular complexity index is 835. The molecule has 1 atom stereocenters. The molecule has 3 rings (SSSR count). The van der Waals surface area contributed by atoms with E-state index < -0.39 is 0 Å². The summed E-state index contributed by atoms with van der Waals surface area (Å²) in [6, 6.07) is 15.4. The second-order valence-corrected chi connectivity index (χ2v) is 5.53. The first kappa shape index (κ1) is 14.3. The SMILES string of the molecule is Cc1ccccc1C(=O)NC(C)c1nc2ccccc2n1C. The first-order valence-electron chi connectivity index (χ1n) is 7.36. The van der Waals surface area contributed by atoms with Gasteiger partial charge in [0.1, 0.15) is 5.82 Å². The highest BCUT2D eigenvalue weighted by Crippen LogP contribution is 2.19. The summed E-state index contributed by atoms with van der Waals surface area (Å²) in [5.41, 5.74) is 3.68. The lowest BCUT2D eigenvalue weighted by Gasteiger charge is -2.15. The molecule has 0 saturated carbocycles. The molecule has 1 N–H and O–H groups in total. The summed E-state index contributed by atoms with van der Waals surface area (Å²) in [6.07, 6.45) is 0. The fourth-order valence-electron chi connectivity index (χ4n) is 2.72. The van der Waals surface area contributed by atoms with Gasteiger partial charge in [-0.2, -0.15) is 0 Å². The molecule has 22 heavy (non-hydrogen) atoms. The number of aromatic nitrogens is 2. The van der Waals surface area contributed by atoms with Gasteiger partial charge >= 0.3 is 0 Å². The van der Waals surface area contributed by atoms with Crippen LogP contribution in [0.25, 0.3) is 11.0 Å². The number of carbonyl (C=O) groups excluding carboxylic acids is 1. The highest BCUT2D eigenvalue weighted by atomic mass is 16.1. The van der Waals surface area contributed by atoms with Crippen LogP contribution in [-0.4, -0.2) is 15.5 Å². The maximum Gasteiger partial charge on any atom is 0.252 e. The maximum atomic E-state index is 12.4. The molecule has 0 spiro atoms. The maximum absolute atomic E-state index is 12.4. The number of nitrogens with zero attached hydrogens (tertiary/aromatic N) is 2. The second-order valence-electron chi connectivity index (χ2n) is 5.53. The summed E-state index contributed by atoms with van der Waals surface area (Å²) >= 11 is 0. The van der Waals surface area contributed by atoms with E-state index in [1.54, 1.807) is 0 Å². The van der Waals surface area contributed by atoms with E-state index in [4.69, 9.17) is 0 Å². The second kappa shape index (κ2) is 5.64. The van der Waals surface area contributed by atoms with E-state index in [1.165, 1.54) is 0 Å². The number of aryl methyl sites for hydroxylation is 2. The van der Waals surface area contributed by atoms with Crippen LogP contribution in [0.2, 0.25) is 0 Å². The van der Waals surface area contributed by atoms with Crippen LogP contribution in [0.4, 0.5) is 0 Å². The van der Waals surface area contributed by atoms with E-state index in [9.17, 15) is 4.79 Å².